The molecule has 212 valence electrons. The standard InChI is InChI=1S/C27H41N3O8/c1-15(2)22-19(26(30-29-22)38-27-25(35)24(34)23(33)20(14-31)37-27)13-17-9-10-18(12-16(17)3)36-11-7-5-4-6-8-21(28)32/h9-10,12,15,20,23-25,27,31,33-35H,4-8,11,13-14H2,1-3H3,(H2,28,32)(H,29,30)/t20-,23?,24+,25-,27+/m1/s1. The first-order valence-corrected chi connectivity index (χ1v) is 13.2. The van der Waals surface area contributed by atoms with Gasteiger partial charge in [0.2, 0.25) is 18.1 Å². The summed E-state index contributed by atoms with van der Waals surface area (Å²) in [6.45, 7) is 6.09. The van der Waals surface area contributed by atoms with E-state index in [-0.39, 0.29) is 17.7 Å². The van der Waals surface area contributed by atoms with Crippen LogP contribution in [-0.2, 0) is 16.0 Å². The van der Waals surface area contributed by atoms with Crippen LogP contribution < -0.4 is 15.2 Å². The highest BCUT2D eigenvalue weighted by atomic mass is 16.7. The first kappa shape index (κ1) is 29.9. The van der Waals surface area contributed by atoms with Crippen LogP contribution in [0.1, 0.15) is 74.3 Å². The van der Waals surface area contributed by atoms with E-state index >= 15 is 0 Å². The number of aromatic amines is 1. The summed E-state index contributed by atoms with van der Waals surface area (Å²) in [6.07, 6.45) is -2.40. The van der Waals surface area contributed by atoms with Crippen molar-refractivity contribution in [3.05, 3.63) is 40.6 Å². The Morgan fingerprint density at radius 1 is 1.13 bits per heavy atom. The van der Waals surface area contributed by atoms with Crippen LogP contribution in [0.5, 0.6) is 11.6 Å². The zero-order chi connectivity index (χ0) is 27.8. The Bertz CT molecular complexity index is 1040. The molecule has 3 rings (SSSR count). The second kappa shape index (κ2) is 13.9. The van der Waals surface area contributed by atoms with Crippen molar-refractivity contribution in [2.75, 3.05) is 13.2 Å². The minimum atomic E-state index is -1.54. The van der Waals surface area contributed by atoms with Crippen molar-refractivity contribution in [2.24, 2.45) is 5.73 Å². The lowest BCUT2D eigenvalue weighted by Crippen LogP contribution is -2.60. The second-order valence-electron chi connectivity index (χ2n) is 10.1. The number of carbonyl (C=O) groups is 1. The predicted molar refractivity (Wildman–Crippen MR) is 139 cm³/mol. The van der Waals surface area contributed by atoms with Gasteiger partial charge in [-0.15, -0.1) is 5.10 Å². The van der Waals surface area contributed by atoms with Gasteiger partial charge in [-0.05, 0) is 48.9 Å². The number of aryl methyl sites for hydroxylation is 1. The normalized spacial score (nSPS) is 23.5. The Morgan fingerprint density at radius 2 is 1.87 bits per heavy atom. The van der Waals surface area contributed by atoms with Gasteiger partial charge in [0.15, 0.2) is 0 Å². The van der Waals surface area contributed by atoms with E-state index in [0.29, 0.717) is 19.4 Å². The lowest BCUT2D eigenvalue weighted by atomic mass is 9.96. The molecule has 1 saturated heterocycles. The third-order valence-corrected chi connectivity index (χ3v) is 6.78. The van der Waals surface area contributed by atoms with Crippen LogP contribution in [0.4, 0.5) is 0 Å². The highest BCUT2D eigenvalue weighted by Crippen LogP contribution is 2.32. The van der Waals surface area contributed by atoms with Gasteiger partial charge in [-0.2, -0.15) is 0 Å². The van der Waals surface area contributed by atoms with Crippen LogP contribution in [0.25, 0.3) is 0 Å². The fraction of sp³-hybridized carbons (Fsp3) is 0.630. The van der Waals surface area contributed by atoms with Crippen LogP contribution in [0.2, 0.25) is 0 Å². The third-order valence-electron chi connectivity index (χ3n) is 6.78. The van der Waals surface area contributed by atoms with E-state index in [0.717, 1.165) is 53.8 Å². The predicted octanol–water partition coefficient (Wildman–Crippen LogP) is 1.43. The largest absolute Gasteiger partial charge is 0.494 e. The van der Waals surface area contributed by atoms with Crippen molar-refractivity contribution in [2.45, 2.75) is 95.9 Å². The fourth-order valence-electron chi connectivity index (χ4n) is 4.47. The number of hydrogen-bond acceptors (Lipinski definition) is 9. The number of H-pyrrole nitrogens is 1. The number of aliphatic hydroxyl groups is 4. The van der Waals surface area contributed by atoms with Crippen LogP contribution in [0, 0.1) is 6.92 Å². The Hall–Kier alpha value is -2.70. The van der Waals surface area contributed by atoms with Gasteiger partial charge in [0.25, 0.3) is 0 Å². The molecule has 0 saturated carbocycles. The average Bonchev–Trinajstić information content (AvgIpc) is 3.27. The topological polar surface area (TPSA) is 180 Å². The highest BCUT2D eigenvalue weighted by Gasteiger charge is 2.45. The third kappa shape index (κ3) is 7.67. The zero-order valence-corrected chi connectivity index (χ0v) is 22.3. The number of hydrogen-bond donors (Lipinski definition) is 6. The van der Waals surface area contributed by atoms with E-state index in [2.05, 4.69) is 10.2 Å². The number of unbranched alkanes of at least 4 members (excludes halogenated alkanes) is 3. The summed E-state index contributed by atoms with van der Waals surface area (Å²) in [5.74, 6) is 0.836. The molecule has 1 fully saturated rings. The van der Waals surface area contributed by atoms with Gasteiger partial charge in [-0.3, -0.25) is 9.89 Å². The molecule has 0 spiro atoms. The number of nitrogens with zero attached hydrogens (tertiary/aromatic N) is 1. The number of nitrogens with one attached hydrogen (secondary N) is 1. The quantitative estimate of drug-likeness (QED) is 0.195. The van der Waals surface area contributed by atoms with Gasteiger partial charge >= 0.3 is 0 Å². The Morgan fingerprint density at radius 3 is 2.53 bits per heavy atom. The van der Waals surface area contributed by atoms with E-state index in [1.165, 1.54) is 0 Å². The second-order valence-corrected chi connectivity index (χ2v) is 10.1. The molecule has 11 nitrogen and oxygen atoms in total. The van der Waals surface area contributed by atoms with Crippen molar-refractivity contribution >= 4 is 5.91 Å². The molecule has 1 unspecified atom stereocenters. The summed E-state index contributed by atoms with van der Waals surface area (Å²) < 4.78 is 17.3. The van der Waals surface area contributed by atoms with E-state index in [1.807, 2.05) is 39.0 Å². The summed E-state index contributed by atoms with van der Waals surface area (Å²) in [5.41, 5.74) is 8.86. The average molecular weight is 536 g/mol. The van der Waals surface area contributed by atoms with Crippen molar-refractivity contribution in [1.82, 2.24) is 10.2 Å². The van der Waals surface area contributed by atoms with Crippen molar-refractivity contribution in [3.63, 3.8) is 0 Å². The van der Waals surface area contributed by atoms with Crippen LogP contribution in [0.15, 0.2) is 18.2 Å². The van der Waals surface area contributed by atoms with Crippen LogP contribution >= 0.6 is 0 Å². The molecule has 5 atom stereocenters. The highest BCUT2D eigenvalue weighted by molar-refractivity contribution is 5.73. The molecule has 2 heterocycles. The maximum atomic E-state index is 10.8. The lowest BCUT2D eigenvalue weighted by molar-refractivity contribution is -0.278. The van der Waals surface area contributed by atoms with Crippen LogP contribution in [-0.4, -0.2) is 80.5 Å². The minimum Gasteiger partial charge on any atom is -0.494 e. The summed E-state index contributed by atoms with van der Waals surface area (Å²) >= 11 is 0. The van der Waals surface area contributed by atoms with Gasteiger partial charge in [0.1, 0.15) is 30.2 Å². The lowest BCUT2D eigenvalue weighted by Gasteiger charge is -2.39. The number of carbonyl (C=O) groups excluding carboxylic acids is 1. The molecule has 1 aliphatic rings. The maximum Gasteiger partial charge on any atom is 0.238 e. The van der Waals surface area contributed by atoms with Crippen molar-refractivity contribution in [3.8, 4) is 11.6 Å². The maximum absolute atomic E-state index is 10.8. The number of primary amides is 1. The molecule has 7 N–H and O–H groups in total. The molecule has 2 aromatic rings. The van der Waals surface area contributed by atoms with Gasteiger partial charge in [0.05, 0.1) is 13.2 Å². The van der Waals surface area contributed by atoms with Crippen molar-refractivity contribution < 1.29 is 39.4 Å². The fourth-order valence-corrected chi connectivity index (χ4v) is 4.47. The monoisotopic (exact) mass is 535 g/mol. The number of aromatic nitrogens is 2. The summed E-state index contributed by atoms with van der Waals surface area (Å²) in [4.78, 5) is 10.8. The minimum absolute atomic E-state index is 0.107. The Labute approximate surface area is 222 Å². The number of aliphatic hydroxyl groups excluding tert-OH is 4. The molecule has 1 aromatic carbocycles. The zero-order valence-electron chi connectivity index (χ0n) is 22.3. The number of rotatable bonds is 14. The molecule has 0 bridgehead atoms. The first-order valence-electron chi connectivity index (χ1n) is 13.2. The molecule has 0 aliphatic carbocycles. The summed E-state index contributed by atoms with van der Waals surface area (Å²) in [7, 11) is 0. The molecular weight excluding hydrogens is 494 g/mol. The SMILES string of the molecule is Cc1cc(OCCCCCCC(N)=O)ccc1Cc1c(O[C@@H]2O[C@H](CO)C(O)[C@H](O)[C@H]2O)n[nH]c1C(C)C. The Kier molecular flexibility index (Phi) is 10.9. The molecule has 38 heavy (non-hydrogen) atoms. The van der Waals surface area contributed by atoms with E-state index in [4.69, 9.17) is 19.9 Å². The van der Waals surface area contributed by atoms with Gasteiger partial charge < -0.3 is 40.4 Å². The molecule has 0 radical (unpaired) electrons. The molecule has 11 heteroatoms. The number of nitrogens with two attached hydrogens (primary N) is 1. The number of benzene rings is 1. The summed E-state index contributed by atoms with van der Waals surface area (Å²) in [6, 6.07) is 5.89. The Balaban J connectivity index is 1.66. The first-order chi connectivity index (χ1) is 18.1. The number of ether oxygens (including phenoxy) is 3. The van der Waals surface area contributed by atoms with Crippen molar-refractivity contribution in [1.29, 1.82) is 0 Å². The molecular formula is C27H41N3O8. The smallest absolute Gasteiger partial charge is 0.238 e. The van der Waals surface area contributed by atoms with Gasteiger partial charge in [-0.25, -0.2) is 0 Å². The molecule has 1 aromatic heterocycles. The summed E-state index contributed by atoms with van der Waals surface area (Å²) in [5, 5.41) is 47.3. The van der Waals surface area contributed by atoms with E-state index < -0.39 is 37.3 Å². The van der Waals surface area contributed by atoms with E-state index in [9.17, 15) is 25.2 Å². The van der Waals surface area contributed by atoms with Gasteiger partial charge in [0, 0.05) is 24.1 Å². The van der Waals surface area contributed by atoms with Crippen LogP contribution in [0.3, 0.4) is 0 Å². The molecule has 1 amide bonds. The van der Waals surface area contributed by atoms with Gasteiger partial charge in [-0.1, -0.05) is 32.8 Å². The molecule has 1 aliphatic heterocycles. The van der Waals surface area contributed by atoms with E-state index in [1.54, 1.807) is 0 Å². The number of amides is 1.